The van der Waals surface area contributed by atoms with Crippen molar-refractivity contribution >= 4 is 21.6 Å². The molecule has 0 fully saturated rings. The Morgan fingerprint density at radius 1 is 0.889 bits per heavy atom. The van der Waals surface area contributed by atoms with Crippen LogP contribution in [0.1, 0.15) is 31.4 Å². The zero-order chi connectivity index (χ0) is 26.0. The van der Waals surface area contributed by atoms with Gasteiger partial charge in [-0.1, -0.05) is 35.9 Å². The summed E-state index contributed by atoms with van der Waals surface area (Å²) in [7, 11) is -3.96. The average Bonchev–Trinajstić information content (AvgIpc) is 2.87. The molecule has 3 aromatic rings. The molecule has 0 aliphatic rings. The van der Waals surface area contributed by atoms with Crippen LogP contribution in [-0.4, -0.2) is 40.6 Å². The number of hydrogen-bond donors (Lipinski definition) is 1. The molecule has 192 valence electrons. The van der Waals surface area contributed by atoms with Crippen LogP contribution in [0.25, 0.3) is 0 Å². The van der Waals surface area contributed by atoms with E-state index in [1.165, 1.54) is 0 Å². The molecule has 0 atom stereocenters. The number of ether oxygens (including phenoxy) is 2. The van der Waals surface area contributed by atoms with Gasteiger partial charge >= 0.3 is 0 Å². The topological polar surface area (TPSA) is 84.9 Å². The molecular weight excluding hydrogens is 476 g/mol. The Kier molecular flexibility index (Phi) is 9.76. The first-order valence-electron chi connectivity index (χ1n) is 12.1. The van der Waals surface area contributed by atoms with Crippen LogP contribution in [0, 0.1) is 6.92 Å². The molecule has 0 aliphatic carbocycles. The summed E-state index contributed by atoms with van der Waals surface area (Å²) in [5, 5.41) is 2.86. The molecule has 8 heteroatoms. The van der Waals surface area contributed by atoms with E-state index < -0.39 is 10.0 Å². The summed E-state index contributed by atoms with van der Waals surface area (Å²) >= 11 is 0. The molecule has 0 bridgehead atoms. The summed E-state index contributed by atoms with van der Waals surface area (Å²) in [6.45, 7) is 6.88. The number of carbonyl (C=O) groups excluding carboxylic acids is 1. The lowest BCUT2D eigenvalue weighted by atomic mass is 10.1. The van der Waals surface area contributed by atoms with E-state index in [1.54, 1.807) is 48.5 Å². The van der Waals surface area contributed by atoms with E-state index in [1.807, 2.05) is 45.0 Å². The molecule has 3 rings (SSSR count). The Morgan fingerprint density at radius 3 is 2.22 bits per heavy atom. The molecule has 0 heterocycles. The quantitative estimate of drug-likeness (QED) is 0.336. The number of nitrogens with one attached hydrogen (secondary N) is 1. The van der Waals surface area contributed by atoms with Crippen LogP contribution in [0.4, 0.5) is 5.69 Å². The Labute approximate surface area is 214 Å². The zero-order valence-corrected chi connectivity index (χ0v) is 21.9. The maximum absolute atomic E-state index is 13.5. The molecular formula is C28H34N2O5S. The summed E-state index contributed by atoms with van der Waals surface area (Å²) in [5.74, 6) is 1.10. The van der Waals surface area contributed by atoms with Crippen LogP contribution in [0.2, 0.25) is 0 Å². The molecule has 7 nitrogen and oxygen atoms in total. The minimum atomic E-state index is -3.96. The molecule has 0 spiro atoms. The van der Waals surface area contributed by atoms with Gasteiger partial charge in [0.2, 0.25) is 5.91 Å². The molecule has 0 aromatic heterocycles. The van der Waals surface area contributed by atoms with E-state index in [0.29, 0.717) is 37.6 Å². The number of nitrogens with zero attached hydrogens (tertiary/aromatic N) is 1. The predicted octanol–water partition coefficient (Wildman–Crippen LogP) is 4.74. The number of rotatable bonds is 13. The number of carbonyl (C=O) groups is 1. The smallest absolute Gasteiger partial charge is 0.264 e. The maximum atomic E-state index is 13.5. The molecule has 36 heavy (non-hydrogen) atoms. The third-order valence-electron chi connectivity index (χ3n) is 5.55. The highest BCUT2D eigenvalue weighted by Gasteiger charge is 2.27. The molecule has 3 aromatic carbocycles. The Morgan fingerprint density at radius 2 is 1.56 bits per heavy atom. The Bertz CT molecular complexity index is 1230. The molecule has 1 N–H and O–H groups in total. The van der Waals surface area contributed by atoms with Gasteiger partial charge in [-0.15, -0.1) is 0 Å². The normalized spacial score (nSPS) is 11.1. The highest BCUT2D eigenvalue weighted by Crippen LogP contribution is 2.26. The summed E-state index contributed by atoms with van der Waals surface area (Å²) < 4.78 is 39.3. The summed E-state index contributed by atoms with van der Waals surface area (Å²) in [6.07, 6.45) is 1.43. The fourth-order valence-corrected chi connectivity index (χ4v) is 5.15. The molecule has 0 aliphatic heterocycles. The molecule has 1 amide bonds. The number of anilines is 1. The fraction of sp³-hybridized carbons (Fsp3) is 0.321. The van der Waals surface area contributed by atoms with Crippen molar-refractivity contribution in [3.63, 3.8) is 0 Å². The monoisotopic (exact) mass is 510 g/mol. The lowest BCUT2D eigenvalue weighted by Gasteiger charge is -2.24. The van der Waals surface area contributed by atoms with E-state index in [9.17, 15) is 13.2 Å². The van der Waals surface area contributed by atoms with Crippen LogP contribution < -0.4 is 19.1 Å². The molecule has 0 radical (unpaired) electrons. The lowest BCUT2D eigenvalue weighted by molar-refractivity contribution is -0.119. The Balaban J connectivity index is 1.71. The first-order chi connectivity index (χ1) is 17.3. The van der Waals surface area contributed by atoms with E-state index in [4.69, 9.17) is 9.47 Å². The SMILES string of the molecule is CCOc1ccc(N(CC(=O)NCCCc2ccccc2OCC)S(=O)(=O)c2ccc(C)cc2)cc1. The first-order valence-corrected chi connectivity index (χ1v) is 13.6. The van der Waals surface area contributed by atoms with Crippen molar-refractivity contribution in [2.24, 2.45) is 0 Å². The van der Waals surface area contributed by atoms with Gasteiger partial charge in [0.15, 0.2) is 0 Å². The van der Waals surface area contributed by atoms with Gasteiger partial charge in [0, 0.05) is 6.54 Å². The number of sulfonamides is 1. The van der Waals surface area contributed by atoms with Crippen molar-refractivity contribution < 1.29 is 22.7 Å². The number of amides is 1. The summed E-state index contributed by atoms with van der Waals surface area (Å²) in [5.41, 5.74) is 2.41. The second-order valence-electron chi connectivity index (χ2n) is 8.25. The second-order valence-corrected chi connectivity index (χ2v) is 10.1. The summed E-state index contributed by atoms with van der Waals surface area (Å²) in [6, 6.07) is 21.1. The van der Waals surface area contributed by atoms with Crippen molar-refractivity contribution in [3.05, 3.63) is 83.9 Å². The summed E-state index contributed by atoms with van der Waals surface area (Å²) in [4.78, 5) is 13.0. The van der Waals surface area contributed by atoms with Crippen molar-refractivity contribution in [1.82, 2.24) is 5.32 Å². The lowest BCUT2D eigenvalue weighted by Crippen LogP contribution is -2.41. The van der Waals surface area contributed by atoms with E-state index >= 15 is 0 Å². The van der Waals surface area contributed by atoms with Gasteiger partial charge in [0.25, 0.3) is 10.0 Å². The average molecular weight is 511 g/mol. The maximum Gasteiger partial charge on any atom is 0.264 e. The van der Waals surface area contributed by atoms with E-state index in [-0.39, 0.29) is 17.3 Å². The highest BCUT2D eigenvalue weighted by molar-refractivity contribution is 7.92. The first kappa shape index (κ1) is 27.1. The molecule has 0 saturated carbocycles. The third-order valence-corrected chi connectivity index (χ3v) is 7.34. The standard InChI is InChI=1S/C28H34N2O5S/c1-4-34-25-16-14-24(15-17-25)30(36(32,33)26-18-12-22(3)13-19-26)21-28(31)29-20-8-10-23-9-6-7-11-27(23)35-5-2/h6-7,9,11-19H,4-5,8,10,20-21H2,1-3H3,(H,29,31). The van der Waals surface area contributed by atoms with Crippen molar-refractivity contribution in [1.29, 1.82) is 0 Å². The van der Waals surface area contributed by atoms with Gasteiger partial charge in [-0.25, -0.2) is 8.42 Å². The fourth-order valence-electron chi connectivity index (χ4n) is 3.73. The minimum Gasteiger partial charge on any atom is -0.494 e. The van der Waals surface area contributed by atoms with Gasteiger partial charge in [-0.05, 0) is 81.6 Å². The number of aryl methyl sites for hydroxylation is 2. The van der Waals surface area contributed by atoms with Crippen LogP contribution in [0.5, 0.6) is 11.5 Å². The van der Waals surface area contributed by atoms with Crippen LogP contribution in [0.15, 0.2) is 77.7 Å². The van der Waals surface area contributed by atoms with Gasteiger partial charge in [0.05, 0.1) is 23.8 Å². The number of hydrogen-bond acceptors (Lipinski definition) is 5. The highest BCUT2D eigenvalue weighted by atomic mass is 32.2. The number of para-hydroxylation sites is 1. The van der Waals surface area contributed by atoms with Crippen molar-refractivity contribution in [3.8, 4) is 11.5 Å². The number of benzene rings is 3. The molecule has 0 unspecified atom stereocenters. The van der Waals surface area contributed by atoms with Gasteiger partial charge in [0.1, 0.15) is 18.0 Å². The van der Waals surface area contributed by atoms with Crippen LogP contribution in [-0.2, 0) is 21.2 Å². The van der Waals surface area contributed by atoms with Gasteiger partial charge in [-0.2, -0.15) is 0 Å². The van der Waals surface area contributed by atoms with E-state index in [0.717, 1.165) is 27.6 Å². The van der Waals surface area contributed by atoms with Crippen molar-refractivity contribution in [2.45, 2.75) is 38.5 Å². The Hall–Kier alpha value is -3.52. The zero-order valence-electron chi connectivity index (χ0n) is 21.1. The van der Waals surface area contributed by atoms with E-state index in [2.05, 4.69) is 5.32 Å². The second kappa shape index (κ2) is 13.0. The largest absolute Gasteiger partial charge is 0.494 e. The third kappa shape index (κ3) is 7.24. The van der Waals surface area contributed by atoms with Crippen LogP contribution in [0.3, 0.4) is 0 Å². The minimum absolute atomic E-state index is 0.127. The van der Waals surface area contributed by atoms with Crippen molar-refractivity contribution in [2.75, 3.05) is 30.6 Å². The van der Waals surface area contributed by atoms with Gasteiger partial charge < -0.3 is 14.8 Å². The van der Waals surface area contributed by atoms with Gasteiger partial charge in [-0.3, -0.25) is 9.10 Å². The van der Waals surface area contributed by atoms with Crippen LogP contribution >= 0.6 is 0 Å². The predicted molar refractivity (Wildman–Crippen MR) is 142 cm³/mol. The molecule has 0 saturated heterocycles.